The fraction of sp³-hybridized carbons (Fsp3) is 0.600. The first-order valence-electron chi connectivity index (χ1n) is 7.69. The van der Waals surface area contributed by atoms with Crippen LogP contribution < -0.4 is 0 Å². The van der Waals surface area contributed by atoms with E-state index in [1.54, 1.807) is 12.1 Å². The number of aliphatic hydroxyl groups is 2. The molecule has 1 fully saturated rings. The van der Waals surface area contributed by atoms with E-state index in [1.165, 1.54) is 12.1 Å². The molecule has 1 saturated heterocycles. The van der Waals surface area contributed by atoms with Crippen molar-refractivity contribution in [1.29, 1.82) is 0 Å². The summed E-state index contributed by atoms with van der Waals surface area (Å²) in [4.78, 5) is 0.0110. The molecule has 2 atom stereocenters. The average molecular weight is 377 g/mol. The van der Waals surface area contributed by atoms with Crippen LogP contribution in [0.3, 0.4) is 0 Å². The van der Waals surface area contributed by atoms with Crippen LogP contribution in [0, 0.1) is 0 Å². The quantitative estimate of drug-likeness (QED) is 0.719. The van der Waals surface area contributed by atoms with Crippen LogP contribution in [-0.4, -0.2) is 68.2 Å². The van der Waals surface area contributed by atoms with Crippen molar-refractivity contribution in [3.63, 3.8) is 0 Å². The molecule has 0 unspecified atom stereocenters. The van der Waals surface area contributed by atoms with Gasteiger partial charge in [0.15, 0.2) is 9.84 Å². The first-order chi connectivity index (χ1) is 11.1. The molecule has 24 heavy (non-hydrogen) atoms. The molecule has 0 spiro atoms. The van der Waals surface area contributed by atoms with Gasteiger partial charge in [-0.25, -0.2) is 16.8 Å². The zero-order valence-corrected chi connectivity index (χ0v) is 15.3. The molecule has 1 aromatic carbocycles. The Hall–Kier alpha value is -1.00. The summed E-state index contributed by atoms with van der Waals surface area (Å²) in [6, 6.07) is 5.25. The van der Waals surface area contributed by atoms with Crippen LogP contribution in [0.1, 0.15) is 25.3 Å². The molecule has 1 aliphatic heterocycles. The van der Waals surface area contributed by atoms with Gasteiger partial charge < -0.3 is 10.2 Å². The number of nitrogens with zero attached hydrogens (tertiary/aromatic N) is 1. The van der Waals surface area contributed by atoms with E-state index < -0.39 is 50.1 Å². The summed E-state index contributed by atoms with van der Waals surface area (Å²) in [6.45, 7) is 3.24. The highest BCUT2D eigenvalue weighted by Crippen LogP contribution is 2.26. The van der Waals surface area contributed by atoms with Crippen molar-refractivity contribution in [2.24, 2.45) is 0 Å². The first kappa shape index (κ1) is 19.3. The highest BCUT2D eigenvalue weighted by atomic mass is 32.2. The molecule has 0 saturated carbocycles. The van der Waals surface area contributed by atoms with E-state index >= 15 is 0 Å². The minimum Gasteiger partial charge on any atom is -0.395 e. The summed E-state index contributed by atoms with van der Waals surface area (Å²) in [5, 5.41) is 19.2. The first-order valence-corrected chi connectivity index (χ1v) is 11.0. The molecule has 0 aliphatic carbocycles. The Labute approximate surface area is 142 Å². The Bertz CT molecular complexity index is 771. The number of benzene rings is 1. The largest absolute Gasteiger partial charge is 0.395 e. The molecule has 1 aliphatic rings. The van der Waals surface area contributed by atoms with Crippen molar-refractivity contribution < 1.29 is 27.0 Å². The van der Waals surface area contributed by atoms with Crippen LogP contribution >= 0.6 is 0 Å². The smallest absolute Gasteiger partial charge is 0.243 e. The van der Waals surface area contributed by atoms with Crippen LogP contribution in [0.25, 0.3) is 0 Å². The minimum absolute atomic E-state index is 0.0110. The maximum Gasteiger partial charge on any atom is 0.243 e. The number of hydrogen-bond donors (Lipinski definition) is 2. The van der Waals surface area contributed by atoms with Crippen LogP contribution in [0.5, 0.6) is 0 Å². The Morgan fingerprint density at radius 3 is 2.21 bits per heavy atom. The zero-order chi connectivity index (χ0) is 18.1. The Balaban J connectivity index is 2.38. The highest BCUT2D eigenvalue weighted by Gasteiger charge is 2.44. The molecule has 9 heteroatoms. The molecule has 1 heterocycles. The van der Waals surface area contributed by atoms with Gasteiger partial charge in [-0.3, -0.25) is 0 Å². The standard InChI is InChI=1S/C15H23NO6S2/c1-11(2)12-3-5-13(6-4-12)24(21,22)16(7-8-17)14-9-23(19,20)10-15(14)18/h3-6,11,14-15,17-18H,7-10H2,1-2H3/t14-,15-/m1/s1. The Morgan fingerprint density at radius 1 is 1.21 bits per heavy atom. The van der Waals surface area contributed by atoms with Crippen LogP contribution in [0.4, 0.5) is 0 Å². The van der Waals surface area contributed by atoms with Crippen molar-refractivity contribution >= 4 is 19.9 Å². The number of sulfonamides is 1. The van der Waals surface area contributed by atoms with Gasteiger partial charge in [-0.15, -0.1) is 0 Å². The van der Waals surface area contributed by atoms with Gasteiger partial charge in [0.05, 0.1) is 35.2 Å². The summed E-state index contributed by atoms with van der Waals surface area (Å²) in [6.07, 6.45) is -1.30. The summed E-state index contributed by atoms with van der Waals surface area (Å²) in [5.41, 5.74) is 0.978. The third-order valence-electron chi connectivity index (χ3n) is 4.14. The van der Waals surface area contributed by atoms with E-state index in [-0.39, 0.29) is 17.4 Å². The van der Waals surface area contributed by atoms with Crippen LogP contribution in [0.2, 0.25) is 0 Å². The fourth-order valence-corrected chi connectivity index (χ4v) is 6.35. The topological polar surface area (TPSA) is 112 Å². The SMILES string of the molecule is CC(C)c1ccc(S(=O)(=O)N(CCO)[C@@H]2CS(=O)(=O)C[C@H]2O)cc1. The molecular weight excluding hydrogens is 354 g/mol. The summed E-state index contributed by atoms with van der Waals surface area (Å²) in [5.74, 6) is -0.670. The van der Waals surface area contributed by atoms with E-state index in [1.807, 2.05) is 13.8 Å². The van der Waals surface area contributed by atoms with Gasteiger partial charge in [-0.2, -0.15) is 4.31 Å². The second-order valence-corrected chi connectivity index (χ2v) is 10.3. The maximum absolute atomic E-state index is 12.9. The monoisotopic (exact) mass is 377 g/mol. The molecule has 0 bridgehead atoms. The van der Waals surface area contributed by atoms with Gasteiger partial charge in [0.1, 0.15) is 0 Å². The third-order valence-corrected chi connectivity index (χ3v) is 7.77. The Morgan fingerprint density at radius 2 is 1.79 bits per heavy atom. The predicted octanol–water partition coefficient (Wildman–Crippen LogP) is -0.0491. The molecule has 136 valence electrons. The van der Waals surface area contributed by atoms with Gasteiger partial charge in [0.2, 0.25) is 10.0 Å². The molecule has 2 rings (SSSR count). The summed E-state index contributed by atoms with van der Waals surface area (Å²) < 4.78 is 50.0. The lowest BCUT2D eigenvalue weighted by molar-refractivity contribution is 0.117. The average Bonchev–Trinajstić information content (AvgIpc) is 2.77. The van der Waals surface area contributed by atoms with Gasteiger partial charge in [-0.05, 0) is 23.6 Å². The molecule has 0 aromatic heterocycles. The molecule has 7 nitrogen and oxygen atoms in total. The van der Waals surface area contributed by atoms with Gasteiger partial charge in [0.25, 0.3) is 0 Å². The van der Waals surface area contributed by atoms with Crippen molar-refractivity contribution in [2.45, 2.75) is 36.8 Å². The lowest BCUT2D eigenvalue weighted by atomic mass is 10.0. The van der Waals surface area contributed by atoms with Crippen molar-refractivity contribution in [1.82, 2.24) is 4.31 Å². The van der Waals surface area contributed by atoms with E-state index in [9.17, 15) is 27.0 Å². The summed E-state index contributed by atoms with van der Waals surface area (Å²) >= 11 is 0. The number of aliphatic hydroxyl groups excluding tert-OH is 2. The summed E-state index contributed by atoms with van der Waals surface area (Å²) in [7, 11) is -7.53. The Kier molecular flexibility index (Phi) is 5.71. The molecular formula is C15H23NO6S2. The van der Waals surface area contributed by atoms with E-state index in [0.717, 1.165) is 9.87 Å². The van der Waals surface area contributed by atoms with E-state index in [2.05, 4.69) is 0 Å². The molecule has 2 N–H and O–H groups in total. The lowest BCUT2D eigenvalue weighted by Crippen LogP contribution is -2.47. The normalized spacial score (nSPS) is 23.9. The van der Waals surface area contributed by atoms with Gasteiger partial charge in [-0.1, -0.05) is 26.0 Å². The van der Waals surface area contributed by atoms with E-state index in [4.69, 9.17) is 0 Å². The lowest BCUT2D eigenvalue weighted by Gasteiger charge is -2.28. The van der Waals surface area contributed by atoms with Crippen molar-refractivity contribution in [3.8, 4) is 0 Å². The van der Waals surface area contributed by atoms with Gasteiger partial charge in [0, 0.05) is 6.54 Å². The molecule has 0 amide bonds. The number of hydrogen-bond acceptors (Lipinski definition) is 6. The van der Waals surface area contributed by atoms with Crippen molar-refractivity contribution in [3.05, 3.63) is 29.8 Å². The van der Waals surface area contributed by atoms with Crippen LogP contribution in [0.15, 0.2) is 29.2 Å². The van der Waals surface area contributed by atoms with Crippen molar-refractivity contribution in [2.75, 3.05) is 24.7 Å². The van der Waals surface area contributed by atoms with E-state index in [0.29, 0.717) is 0 Å². The predicted molar refractivity (Wildman–Crippen MR) is 90.0 cm³/mol. The second kappa shape index (κ2) is 7.09. The second-order valence-electron chi connectivity index (χ2n) is 6.27. The molecule has 0 radical (unpaired) electrons. The fourth-order valence-electron chi connectivity index (χ4n) is 2.81. The third kappa shape index (κ3) is 3.97. The molecule has 1 aromatic rings. The highest BCUT2D eigenvalue weighted by molar-refractivity contribution is 7.92. The number of rotatable bonds is 6. The van der Waals surface area contributed by atoms with Gasteiger partial charge >= 0.3 is 0 Å². The minimum atomic E-state index is -4.02. The number of sulfone groups is 1. The maximum atomic E-state index is 12.9. The van der Waals surface area contributed by atoms with Crippen LogP contribution in [-0.2, 0) is 19.9 Å². The zero-order valence-electron chi connectivity index (χ0n) is 13.7.